The lowest BCUT2D eigenvalue weighted by Crippen LogP contribution is -2.67. The van der Waals surface area contributed by atoms with Crippen molar-refractivity contribution in [1.29, 1.82) is 0 Å². The van der Waals surface area contributed by atoms with Crippen molar-refractivity contribution < 1.29 is 14.0 Å². The molecule has 0 N–H and O–H groups in total. The van der Waals surface area contributed by atoms with Crippen LogP contribution in [0.15, 0.2) is 72.3 Å². The zero-order valence-corrected chi connectivity index (χ0v) is 26.3. The lowest BCUT2D eigenvalue weighted by Gasteiger charge is -2.46. The van der Waals surface area contributed by atoms with Gasteiger partial charge in [-0.2, -0.15) is 0 Å². The second-order valence-corrected chi connectivity index (χ2v) is 17.6. The predicted octanol–water partition coefficient (Wildman–Crippen LogP) is 6.48. The van der Waals surface area contributed by atoms with E-state index in [9.17, 15) is 4.79 Å². The summed E-state index contributed by atoms with van der Waals surface area (Å²) in [5.74, 6) is 0.782. The van der Waals surface area contributed by atoms with Gasteiger partial charge in [-0.1, -0.05) is 106 Å². The van der Waals surface area contributed by atoms with Crippen molar-refractivity contribution in [1.82, 2.24) is 4.90 Å². The second-order valence-electron chi connectivity index (χ2n) is 13.3. The third-order valence-electron chi connectivity index (χ3n) is 9.90. The Hall–Kier alpha value is -2.21. The summed E-state index contributed by atoms with van der Waals surface area (Å²) in [5.41, 5.74) is 1.48. The quantitative estimate of drug-likeness (QED) is 0.261. The molecule has 5 heteroatoms. The molecule has 2 fully saturated rings. The van der Waals surface area contributed by atoms with E-state index in [4.69, 9.17) is 9.16 Å². The highest BCUT2D eigenvalue weighted by atomic mass is 28.4. The van der Waals surface area contributed by atoms with Gasteiger partial charge in [-0.05, 0) is 66.3 Å². The number of methoxy groups -OCH3 is 1. The molecule has 1 amide bonds. The highest BCUT2D eigenvalue weighted by molar-refractivity contribution is 6.99. The summed E-state index contributed by atoms with van der Waals surface area (Å²) in [6.45, 7) is 9.81. The van der Waals surface area contributed by atoms with E-state index in [1.54, 1.807) is 0 Å². The van der Waals surface area contributed by atoms with Gasteiger partial charge in [-0.15, -0.1) is 0 Å². The van der Waals surface area contributed by atoms with Gasteiger partial charge < -0.3 is 14.1 Å². The molecule has 0 unspecified atom stereocenters. The summed E-state index contributed by atoms with van der Waals surface area (Å²) >= 11 is 0. The van der Waals surface area contributed by atoms with E-state index in [2.05, 4.69) is 99.3 Å². The van der Waals surface area contributed by atoms with Crippen LogP contribution in [0.25, 0.3) is 0 Å². The molecule has 40 heavy (non-hydrogen) atoms. The molecule has 2 aliphatic heterocycles. The number of piperidine rings is 1. The Morgan fingerprint density at radius 2 is 1.60 bits per heavy atom. The number of benzene rings is 2. The molecule has 0 spiro atoms. The van der Waals surface area contributed by atoms with Crippen LogP contribution in [0.4, 0.5) is 0 Å². The van der Waals surface area contributed by atoms with Crippen LogP contribution < -0.4 is 10.4 Å². The van der Waals surface area contributed by atoms with E-state index in [0.29, 0.717) is 18.4 Å². The first-order valence-electron chi connectivity index (χ1n) is 15.6. The highest BCUT2D eigenvalue weighted by Gasteiger charge is 2.55. The zero-order valence-electron chi connectivity index (χ0n) is 25.3. The standard InChI is InChI=1S/C35H49NO3Si/c1-6-27-23-29(36-33(27)32(38-5)24-28(34(36)37)22-26-16-10-7-11-17-26)25-39-40(35(2,3)4,30-18-12-8-13-19-30)31-20-14-9-15-21-31/h8-9,12-16,18-21,27-29,32-33H,6-7,10-11,17,22-25H2,1-5H3/t27-,28+,29+,32+,33+/m1/s1. The van der Waals surface area contributed by atoms with Crippen molar-refractivity contribution in [3.05, 3.63) is 72.3 Å². The van der Waals surface area contributed by atoms with Crippen molar-refractivity contribution in [3.63, 3.8) is 0 Å². The fourth-order valence-corrected chi connectivity index (χ4v) is 12.6. The minimum absolute atomic E-state index is 0.0107. The van der Waals surface area contributed by atoms with Crippen LogP contribution in [0.2, 0.25) is 5.04 Å². The van der Waals surface area contributed by atoms with Crippen LogP contribution in [0.5, 0.6) is 0 Å². The van der Waals surface area contributed by atoms with Gasteiger partial charge in [0.15, 0.2) is 0 Å². The molecule has 5 rings (SSSR count). The van der Waals surface area contributed by atoms with Gasteiger partial charge in [0.25, 0.3) is 8.32 Å². The van der Waals surface area contributed by atoms with Crippen molar-refractivity contribution in [2.75, 3.05) is 13.7 Å². The smallest absolute Gasteiger partial charge is 0.261 e. The summed E-state index contributed by atoms with van der Waals surface area (Å²) in [6.07, 6.45) is 11.1. The third kappa shape index (κ3) is 5.49. The normalized spacial score (nSPS) is 27.4. The molecule has 0 radical (unpaired) electrons. The maximum Gasteiger partial charge on any atom is 0.261 e. The number of carbonyl (C=O) groups is 1. The number of hydrogen-bond donors (Lipinski definition) is 0. The average molecular weight is 560 g/mol. The fourth-order valence-electron chi connectivity index (χ4n) is 7.97. The number of amides is 1. The number of ether oxygens (including phenoxy) is 1. The monoisotopic (exact) mass is 559 g/mol. The lowest BCUT2D eigenvalue weighted by atomic mass is 9.80. The molecule has 2 saturated heterocycles. The number of rotatable bonds is 9. The van der Waals surface area contributed by atoms with E-state index in [1.807, 2.05) is 7.11 Å². The van der Waals surface area contributed by atoms with Crippen LogP contribution in [0.1, 0.15) is 79.1 Å². The molecule has 216 valence electrons. The molecule has 4 nitrogen and oxygen atoms in total. The van der Waals surface area contributed by atoms with Crippen LogP contribution >= 0.6 is 0 Å². The minimum atomic E-state index is -2.68. The Kier molecular flexibility index (Phi) is 9.04. The average Bonchev–Trinajstić information content (AvgIpc) is 3.35. The highest BCUT2D eigenvalue weighted by Crippen LogP contribution is 2.44. The number of hydrogen-bond acceptors (Lipinski definition) is 3. The topological polar surface area (TPSA) is 38.8 Å². The van der Waals surface area contributed by atoms with Crippen LogP contribution in [0, 0.1) is 11.8 Å². The molecule has 1 aliphatic carbocycles. The molecule has 5 atom stereocenters. The molecule has 0 bridgehead atoms. The number of carbonyl (C=O) groups excluding carboxylic acids is 1. The Morgan fingerprint density at radius 3 is 2.12 bits per heavy atom. The first-order valence-corrected chi connectivity index (χ1v) is 17.5. The van der Waals surface area contributed by atoms with Gasteiger partial charge in [0.1, 0.15) is 0 Å². The maximum atomic E-state index is 14.3. The Labute approximate surface area is 243 Å². The summed E-state index contributed by atoms with van der Waals surface area (Å²) in [4.78, 5) is 16.5. The van der Waals surface area contributed by atoms with E-state index >= 15 is 0 Å². The van der Waals surface area contributed by atoms with Gasteiger partial charge in [0.05, 0.1) is 24.8 Å². The van der Waals surface area contributed by atoms with Crippen LogP contribution in [-0.4, -0.2) is 51.0 Å². The molecular formula is C35H49NO3Si. The number of fused-ring (bicyclic) bond motifs is 1. The van der Waals surface area contributed by atoms with E-state index in [-0.39, 0.29) is 29.1 Å². The molecule has 2 aromatic rings. The molecule has 0 aromatic heterocycles. The third-order valence-corrected chi connectivity index (χ3v) is 14.9. The van der Waals surface area contributed by atoms with Gasteiger partial charge in [-0.25, -0.2) is 0 Å². The SMILES string of the molecule is CC[C@@H]1C[C@@H](CO[Si](c2ccccc2)(c2ccccc2)C(C)(C)C)N2C(=O)[C@@H](CC3=CCCCC3)C[C@H](OC)[C@H]12. The summed E-state index contributed by atoms with van der Waals surface area (Å²) in [7, 11) is -0.842. The van der Waals surface area contributed by atoms with E-state index < -0.39 is 8.32 Å². The zero-order chi connectivity index (χ0) is 28.3. The van der Waals surface area contributed by atoms with Crippen LogP contribution in [-0.2, 0) is 14.0 Å². The van der Waals surface area contributed by atoms with Crippen molar-refractivity contribution in [2.24, 2.45) is 11.8 Å². The first-order chi connectivity index (χ1) is 19.3. The van der Waals surface area contributed by atoms with Gasteiger partial charge in [0.2, 0.25) is 5.91 Å². The first kappa shape index (κ1) is 29.3. The van der Waals surface area contributed by atoms with Crippen LogP contribution in [0.3, 0.4) is 0 Å². The lowest BCUT2D eigenvalue weighted by molar-refractivity contribution is -0.152. The predicted molar refractivity (Wildman–Crippen MR) is 166 cm³/mol. The van der Waals surface area contributed by atoms with Crippen molar-refractivity contribution >= 4 is 24.6 Å². The molecule has 3 aliphatic rings. The summed E-state index contributed by atoms with van der Waals surface area (Å²) < 4.78 is 13.5. The van der Waals surface area contributed by atoms with Crippen molar-refractivity contribution in [2.45, 2.75) is 102 Å². The van der Waals surface area contributed by atoms with E-state index in [0.717, 1.165) is 38.5 Å². The van der Waals surface area contributed by atoms with Gasteiger partial charge in [-0.3, -0.25) is 4.79 Å². The Bertz CT molecular complexity index is 1120. The molecule has 2 aromatic carbocycles. The fraction of sp³-hybridized carbons (Fsp3) is 0.571. The largest absolute Gasteiger partial charge is 0.405 e. The van der Waals surface area contributed by atoms with Gasteiger partial charge in [0, 0.05) is 13.0 Å². The van der Waals surface area contributed by atoms with E-state index in [1.165, 1.54) is 28.8 Å². The number of allylic oxidation sites excluding steroid dienone is 2. The molecular weight excluding hydrogens is 510 g/mol. The van der Waals surface area contributed by atoms with Gasteiger partial charge >= 0.3 is 0 Å². The Morgan fingerprint density at radius 1 is 0.950 bits per heavy atom. The molecule has 0 saturated carbocycles. The maximum absolute atomic E-state index is 14.3. The summed E-state index contributed by atoms with van der Waals surface area (Å²) in [6, 6.07) is 21.9. The minimum Gasteiger partial charge on any atom is -0.405 e. The summed E-state index contributed by atoms with van der Waals surface area (Å²) in [5, 5.41) is 2.49. The number of nitrogens with zero attached hydrogens (tertiary/aromatic N) is 1. The second kappa shape index (κ2) is 12.3. The Balaban J connectivity index is 1.48. The van der Waals surface area contributed by atoms with Crippen molar-refractivity contribution in [3.8, 4) is 0 Å². The molecule has 2 heterocycles.